The van der Waals surface area contributed by atoms with E-state index >= 15 is 0 Å². The summed E-state index contributed by atoms with van der Waals surface area (Å²) in [4.78, 5) is 12.3. The number of hydrogen-bond acceptors (Lipinski definition) is 2. The van der Waals surface area contributed by atoms with Crippen LogP contribution in [0.25, 0.3) is 0 Å². The van der Waals surface area contributed by atoms with Crippen molar-refractivity contribution in [3.05, 3.63) is 55.9 Å². The molecule has 1 heterocycles. The van der Waals surface area contributed by atoms with Crippen molar-refractivity contribution in [1.82, 2.24) is 0 Å². The van der Waals surface area contributed by atoms with Crippen LogP contribution in [0, 0.1) is 5.82 Å². The van der Waals surface area contributed by atoms with Gasteiger partial charge in [-0.05, 0) is 23.6 Å². The van der Waals surface area contributed by atoms with Crippen LogP contribution in [-0.4, -0.2) is 5.78 Å². The van der Waals surface area contributed by atoms with Crippen LogP contribution in [0.15, 0.2) is 29.6 Å². The summed E-state index contributed by atoms with van der Waals surface area (Å²) in [7, 11) is 0. The standard InChI is InChI=1S/C11H5Cl2FOS/c12-7-4-5-16-11(7)10(15)6-2-1-3-8(14)9(6)13/h1-5H. The summed E-state index contributed by atoms with van der Waals surface area (Å²) < 4.78 is 13.2. The highest BCUT2D eigenvalue weighted by Gasteiger charge is 2.18. The summed E-state index contributed by atoms with van der Waals surface area (Å²) in [6, 6.07) is 5.74. The van der Waals surface area contributed by atoms with Gasteiger partial charge in [-0.1, -0.05) is 29.3 Å². The van der Waals surface area contributed by atoms with Crippen molar-refractivity contribution in [3.8, 4) is 0 Å². The van der Waals surface area contributed by atoms with Crippen LogP contribution < -0.4 is 0 Å². The average Bonchev–Trinajstić information content (AvgIpc) is 2.68. The number of benzene rings is 1. The van der Waals surface area contributed by atoms with E-state index in [1.807, 2.05) is 0 Å². The molecule has 0 aliphatic carbocycles. The third-order valence-corrected chi connectivity index (χ3v) is 3.74. The van der Waals surface area contributed by atoms with Crippen molar-refractivity contribution >= 4 is 40.3 Å². The molecule has 5 heteroatoms. The van der Waals surface area contributed by atoms with E-state index in [9.17, 15) is 9.18 Å². The topological polar surface area (TPSA) is 17.1 Å². The predicted molar refractivity (Wildman–Crippen MR) is 64.2 cm³/mol. The molecule has 0 bridgehead atoms. The Hall–Kier alpha value is -0.900. The van der Waals surface area contributed by atoms with Gasteiger partial charge in [0.25, 0.3) is 0 Å². The maximum absolute atomic E-state index is 13.2. The summed E-state index contributed by atoms with van der Waals surface area (Å²) in [5.41, 5.74) is 0.131. The minimum absolute atomic E-state index is 0.131. The highest BCUT2D eigenvalue weighted by molar-refractivity contribution is 7.13. The summed E-state index contributed by atoms with van der Waals surface area (Å²) in [5, 5.41) is 1.88. The largest absolute Gasteiger partial charge is 0.288 e. The Kier molecular flexibility index (Phi) is 3.28. The fraction of sp³-hybridized carbons (Fsp3) is 0. The summed E-state index contributed by atoms with van der Waals surface area (Å²) in [6.07, 6.45) is 0. The molecule has 0 saturated carbocycles. The number of halogens is 3. The lowest BCUT2D eigenvalue weighted by molar-refractivity contribution is 0.104. The second kappa shape index (κ2) is 4.53. The fourth-order valence-corrected chi connectivity index (χ4v) is 2.56. The van der Waals surface area contributed by atoms with Gasteiger partial charge in [-0.25, -0.2) is 4.39 Å². The molecule has 2 rings (SSSR count). The summed E-state index contributed by atoms with van der Waals surface area (Å²) in [5.74, 6) is -0.968. The maximum Gasteiger partial charge on any atom is 0.206 e. The molecule has 16 heavy (non-hydrogen) atoms. The molecule has 0 atom stereocenters. The molecule has 1 aromatic carbocycles. The van der Waals surface area contributed by atoms with Crippen LogP contribution >= 0.6 is 34.5 Å². The lowest BCUT2D eigenvalue weighted by atomic mass is 10.1. The van der Waals surface area contributed by atoms with Crippen LogP contribution in [0.2, 0.25) is 10.0 Å². The first kappa shape index (κ1) is 11.6. The van der Waals surface area contributed by atoms with Gasteiger partial charge in [0, 0.05) is 5.56 Å². The Balaban J connectivity index is 2.50. The molecule has 0 unspecified atom stereocenters. The average molecular weight is 275 g/mol. The van der Waals surface area contributed by atoms with Crippen molar-refractivity contribution in [2.75, 3.05) is 0 Å². The van der Waals surface area contributed by atoms with E-state index in [1.54, 1.807) is 11.4 Å². The molecule has 82 valence electrons. The quantitative estimate of drug-likeness (QED) is 0.741. The third kappa shape index (κ3) is 1.98. The fourth-order valence-electron chi connectivity index (χ4n) is 1.26. The first-order valence-electron chi connectivity index (χ1n) is 4.33. The van der Waals surface area contributed by atoms with Gasteiger partial charge in [-0.15, -0.1) is 11.3 Å². The minimum atomic E-state index is -0.611. The van der Waals surface area contributed by atoms with Crippen LogP contribution in [0.3, 0.4) is 0 Å². The SMILES string of the molecule is O=C(c1cccc(F)c1Cl)c1sccc1Cl. The molecule has 0 amide bonds. The second-order valence-corrected chi connectivity index (χ2v) is 4.73. The van der Waals surface area contributed by atoms with E-state index in [0.717, 1.165) is 0 Å². The molecule has 1 nitrogen and oxygen atoms in total. The van der Waals surface area contributed by atoms with Crippen molar-refractivity contribution < 1.29 is 9.18 Å². The van der Waals surface area contributed by atoms with Crippen molar-refractivity contribution in [2.24, 2.45) is 0 Å². The molecule has 0 fully saturated rings. The first-order chi connectivity index (χ1) is 7.61. The van der Waals surface area contributed by atoms with E-state index in [-0.39, 0.29) is 16.4 Å². The van der Waals surface area contributed by atoms with Crippen molar-refractivity contribution in [3.63, 3.8) is 0 Å². The van der Waals surface area contributed by atoms with Gasteiger partial charge in [0.2, 0.25) is 5.78 Å². The van der Waals surface area contributed by atoms with E-state index in [1.165, 1.54) is 29.5 Å². The number of rotatable bonds is 2. The van der Waals surface area contributed by atoms with Crippen molar-refractivity contribution in [2.45, 2.75) is 0 Å². The van der Waals surface area contributed by atoms with Gasteiger partial charge in [-0.2, -0.15) is 0 Å². The van der Waals surface area contributed by atoms with Gasteiger partial charge in [-0.3, -0.25) is 4.79 Å². The molecule has 1 aromatic heterocycles. The highest BCUT2D eigenvalue weighted by atomic mass is 35.5. The first-order valence-corrected chi connectivity index (χ1v) is 5.96. The number of carbonyl (C=O) groups is 1. The van der Waals surface area contributed by atoms with Crippen LogP contribution in [-0.2, 0) is 0 Å². The van der Waals surface area contributed by atoms with Gasteiger partial charge < -0.3 is 0 Å². The van der Waals surface area contributed by atoms with Gasteiger partial charge in [0.05, 0.1) is 14.9 Å². The van der Waals surface area contributed by atoms with Gasteiger partial charge in [0.1, 0.15) is 5.82 Å². The number of thiophene rings is 1. The second-order valence-electron chi connectivity index (χ2n) is 3.03. The highest BCUT2D eigenvalue weighted by Crippen LogP contribution is 2.28. The van der Waals surface area contributed by atoms with Crippen LogP contribution in [0.1, 0.15) is 15.2 Å². The van der Waals surface area contributed by atoms with E-state index in [0.29, 0.717) is 9.90 Å². The van der Waals surface area contributed by atoms with Gasteiger partial charge in [0.15, 0.2) is 0 Å². The molecule has 0 N–H and O–H groups in total. The Morgan fingerprint density at radius 2 is 2.00 bits per heavy atom. The molecular formula is C11H5Cl2FOS. The lowest BCUT2D eigenvalue weighted by Gasteiger charge is -2.02. The Bertz CT molecular complexity index is 551. The monoisotopic (exact) mass is 274 g/mol. The summed E-state index contributed by atoms with van der Waals surface area (Å²) >= 11 is 12.8. The third-order valence-electron chi connectivity index (χ3n) is 2.02. The van der Waals surface area contributed by atoms with E-state index in [2.05, 4.69) is 0 Å². The predicted octanol–water partition coefficient (Wildman–Crippen LogP) is 4.43. The van der Waals surface area contributed by atoms with Crippen LogP contribution in [0.5, 0.6) is 0 Å². The molecule has 0 saturated heterocycles. The minimum Gasteiger partial charge on any atom is -0.288 e. The molecule has 2 aromatic rings. The molecule has 0 aliphatic rings. The summed E-state index contributed by atoms with van der Waals surface area (Å²) in [6.45, 7) is 0. The number of hydrogen-bond donors (Lipinski definition) is 0. The zero-order valence-electron chi connectivity index (χ0n) is 7.84. The van der Waals surface area contributed by atoms with Crippen molar-refractivity contribution in [1.29, 1.82) is 0 Å². The molecular weight excluding hydrogens is 270 g/mol. The lowest BCUT2D eigenvalue weighted by Crippen LogP contribution is -2.01. The Morgan fingerprint density at radius 1 is 1.25 bits per heavy atom. The molecule has 0 spiro atoms. The molecule has 0 aliphatic heterocycles. The van der Waals surface area contributed by atoms with E-state index in [4.69, 9.17) is 23.2 Å². The van der Waals surface area contributed by atoms with Crippen LogP contribution in [0.4, 0.5) is 4.39 Å². The molecule has 0 radical (unpaired) electrons. The zero-order chi connectivity index (χ0) is 11.7. The number of ketones is 1. The Morgan fingerprint density at radius 3 is 2.62 bits per heavy atom. The van der Waals surface area contributed by atoms with Gasteiger partial charge >= 0.3 is 0 Å². The zero-order valence-corrected chi connectivity index (χ0v) is 10.2. The van der Waals surface area contributed by atoms with E-state index < -0.39 is 5.82 Å². The normalized spacial score (nSPS) is 10.4. The number of carbonyl (C=O) groups excluding carboxylic acids is 1. The smallest absolute Gasteiger partial charge is 0.206 e. The maximum atomic E-state index is 13.2. The Labute approximate surface area is 105 Å².